The van der Waals surface area contributed by atoms with E-state index >= 15 is 0 Å². The third-order valence-electron chi connectivity index (χ3n) is 3.44. The predicted octanol–water partition coefficient (Wildman–Crippen LogP) is 2.21. The summed E-state index contributed by atoms with van der Waals surface area (Å²) in [5.41, 5.74) is 0. The molecule has 1 atom stereocenters. The lowest BCUT2D eigenvalue weighted by Crippen LogP contribution is -2.47. The normalized spacial score (nSPS) is 21.5. The molecule has 1 aliphatic heterocycles. The van der Waals surface area contributed by atoms with Gasteiger partial charge in [0.05, 0.1) is 4.90 Å². The van der Waals surface area contributed by atoms with Crippen LogP contribution in [0, 0.1) is 0 Å². The Morgan fingerprint density at radius 1 is 1.37 bits per heavy atom. The van der Waals surface area contributed by atoms with Crippen LogP contribution >= 0.6 is 15.9 Å². The van der Waals surface area contributed by atoms with Crippen LogP contribution in [0.3, 0.4) is 0 Å². The van der Waals surface area contributed by atoms with E-state index in [1.165, 1.54) is 0 Å². The SMILES string of the molecule is CNCC1CCCCN1S(=O)(=O)c1ccccc1Br. The topological polar surface area (TPSA) is 49.4 Å². The molecule has 0 spiro atoms. The Kier molecular flexibility index (Phi) is 5.00. The molecule has 1 fully saturated rings. The van der Waals surface area contributed by atoms with Gasteiger partial charge in [0.1, 0.15) is 0 Å². The van der Waals surface area contributed by atoms with Crippen molar-refractivity contribution in [3.63, 3.8) is 0 Å². The molecule has 1 unspecified atom stereocenters. The summed E-state index contributed by atoms with van der Waals surface area (Å²) in [6.45, 7) is 1.31. The second kappa shape index (κ2) is 6.35. The summed E-state index contributed by atoms with van der Waals surface area (Å²) in [6.07, 6.45) is 2.95. The molecule has 6 heteroatoms. The van der Waals surface area contributed by atoms with Gasteiger partial charge in [0, 0.05) is 23.6 Å². The van der Waals surface area contributed by atoms with Crippen LogP contribution in [-0.4, -0.2) is 38.9 Å². The summed E-state index contributed by atoms with van der Waals surface area (Å²) in [4.78, 5) is 0.359. The summed E-state index contributed by atoms with van der Waals surface area (Å²) in [5, 5.41) is 3.09. The van der Waals surface area contributed by atoms with Crippen LogP contribution in [0.25, 0.3) is 0 Å². The fraction of sp³-hybridized carbons (Fsp3) is 0.538. The first-order valence-corrected chi connectivity index (χ1v) is 8.71. The maximum Gasteiger partial charge on any atom is 0.244 e. The highest BCUT2D eigenvalue weighted by atomic mass is 79.9. The van der Waals surface area contributed by atoms with E-state index < -0.39 is 10.0 Å². The van der Waals surface area contributed by atoms with Crippen molar-refractivity contribution in [3.05, 3.63) is 28.7 Å². The summed E-state index contributed by atoms with van der Waals surface area (Å²) < 4.78 is 27.8. The van der Waals surface area contributed by atoms with Crippen molar-refractivity contribution in [3.8, 4) is 0 Å². The van der Waals surface area contributed by atoms with Crippen LogP contribution in [0.4, 0.5) is 0 Å². The highest BCUT2D eigenvalue weighted by molar-refractivity contribution is 9.10. The Balaban J connectivity index is 2.35. The number of hydrogen-bond acceptors (Lipinski definition) is 3. The zero-order valence-corrected chi connectivity index (χ0v) is 13.4. The van der Waals surface area contributed by atoms with Crippen LogP contribution in [0.15, 0.2) is 33.6 Å². The molecule has 0 radical (unpaired) electrons. The van der Waals surface area contributed by atoms with Gasteiger partial charge < -0.3 is 5.32 Å². The average molecular weight is 347 g/mol. The Morgan fingerprint density at radius 2 is 2.11 bits per heavy atom. The number of piperidine rings is 1. The predicted molar refractivity (Wildman–Crippen MR) is 79.6 cm³/mol. The molecule has 4 nitrogen and oxygen atoms in total. The minimum absolute atomic E-state index is 0.0517. The third kappa shape index (κ3) is 3.18. The van der Waals surface area contributed by atoms with Crippen molar-refractivity contribution in [1.29, 1.82) is 0 Å². The van der Waals surface area contributed by atoms with Gasteiger partial charge in [-0.25, -0.2) is 8.42 Å². The van der Waals surface area contributed by atoms with Gasteiger partial charge in [0.15, 0.2) is 0 Å². The minimum Gasteiger partial charge on any atom is -0.318 e. The second-order valence-electron chi connectivity index (χ2n) is 4.75. The van der Waals surface area contributed by atoms with Crippen molar-refractivity contribution in [2.75, 3.05) is 20.1 Å². The monoisotopic (exact) mass is 346 g/mol. The zero-order valence-electron chi connectivity index (χ0n) is 11.0. The molecule has 2 rings (SSSR count). The van der Waals surface area contributed by atoms with E-state index in [0.717, 1.165) is 19.3 Å². The highest BCUT2D eigenvalue weighted by Crippen LogP contribution is 2.29. The highest BCUT2D eigenvalue weighted by Gasteiger charge is 2.33. The van der Waals surface area contributed by atoms with Gasteiger partial charge >= 0.3 is 0 Å². The van der Waals surface area contributed by atoms with E-state index in [1.807, 2.05) is 13.1 Å². The molecule has 0 bridgehead atoms. The number of hydrogen-bond donors (Lipinski definition) is 1. The van der Waals surface area contributed by atoms with E-state index in [0.29, 0.717) is 22.5 Å². The molecule has 0 amide bonds. The lowest BCUT2D eigenvalue weighted by molar-refractivity contribution is 0.249. The molecular weight excluding hydrogens is 328 g/mol. The van der Waals surface area contributed by atoms with Crippen LogP contribution in [0.5, 0.6) is 0 Å². The smallest absolute Gasteiger partial charge is 0.244 e. The molecule has 1 aromatic carbocycles. The summed E-state index contributed by atoms with van der Waals surface area (Å²) in [6, 6.07) is 7.06. The van der Waals surface area contributed by atoms with Crippen LogP contribution in [-0.2, 0) is 10.0 Å². The molecule has 0 saturated carbocycles. The van der Waals surface area contributed by atoms with Gasteiger partial charge in [-0.05, 0) is 48.0 Å². The second-order valence-corrected chi connectivity index (χ2v) is 7.47. The molecule has 0 aliphatic carbocycles. The molecule has 1 aromatic rings. The van der Waals surface area contributed by atoms with Crippen molar-refractivity contribution >= 4 is 26.0 Å². The van der Waals surface area contributed by atoms with Gasteiger partial charge in [-0.3, -0.25) is 0 Å². The van der Waals surface area contributed by atoms with Gasteiger partial charge in [-0.15, -0.1) is 0 Å². The first-order valence-electron chi connectivity index (χ1n) is 6.48. The van der Waals surface area contributed by atoms with Crippen molar-refractivity contribution in [2.24, 2.45) is 0 Å². The molecule has 19 heavy (non-hydrogen) atoms. The summed E-state index contributed by atoms with van der Waals surface area (Å²) in [7, 11) is -1.56. The first-order chi connectivity index (χ1) is 9.07. The van der Waals surface area contributed by atoms with Gasteiger partial charge in [0.2, 0.25) is 10.0 Å². The average Bonchev–Trinajstić information content (AvgIpc) is 2.40. The molecule has 1 heterocycles. The van der Waals surface area contributed by atoms with E-state index in [-0.39, 0.29) is 6.04 Å². The number of nitrogens with zero attached hydrogens (tertiary/aromatic N) is 1. The molecule has 1 aliphatic rings. The van der Waals surface area contributed by atoms with E-state index in [9.17, 15) is 8.42 Å². The van der Waals surface area contributed by atoms with Crippen LogP contribution in [0.1, 0.15) is 19.3 Å². The molecule has 1 N–H and O–H groups in total. The summed E-state index contributed by atoms with van der Waals surface area (Å²) >= 11 is 3.34. The van der Waals surface area contributed by atoms with E-state index in [4.69, 9.17) is 0 Å². The number of halogens is 1. The van der Waals surface area contributed by atoms with Gasteiger partial charge in [0.25, 0.3) is 0 Å². The number of rotatable bonds is 4. The Labute approximate surface area is 123 Å². The lowest BCUT2D eigenvalue weighted by Gasteiger charge is -2.34. The van der Waals surface area contributed by atoms with Crippen LogP contribution < -0.4 is 5.32 Å². The fourth-order valence-corrected chi connectivity index (χ4v) is 5.17. The zero-order chi connectivity index (χ0) is 13.9. The number of nitrogens with one attached hydrogen (secondary N) is 1. The number of likely N-dealkylation sites (N-methyl/N-ethyl adjacent to an activating group) is 1. The van der Waals surface area contributed by atoms with E-state index in [1.54, 1.807) is 22.5 Å². The minimum atomic E-state index is -3.42. The molecule has 106 valence electrons. The van der Waals surface area contributed by atoms with Gasteiger partial charge in [-0.2, -0.15) is 4.31 Å². The maximum absolute atomic E-state index is 12.8. The van der Waals surface area contributed by atoms with E-state index in [2.05, 4.69) is 21.2 Å². The lowest BCUT2D eigenvalue weighted by atomic mass is 10.1. The maximum atomic E-state index is 12.8. The Morgan fingerprint density at radius 3 is 2.79 bits per heavy atom. The number of sulfonamides is 1. The first kappa shape index (κ1) is 15.0. The molecule has 0 aromatic heterocycles. The summed E-state index contributed by atoms with van der Waals surface area (Å²) in [5.74, 6) is 0. The third-order valence-corrected chi connectivity index (χ3v) is 6.40. The number of benzene rings is 1. The Bertz CT molecular complexity index is 531. The van der Waals surface area contributed by atoms with Crippen molar-refractivity contribution in [1.82, 2.24) is 9.62 Å². The molecule has 1 saturated heterocycles. The standard InChI is InChI=1S/C13H19BrN2O2S/c1-15-10-11-6-4-5-9-16(11)19(17,18)13-8-3-2-7-12(13)14/h2-3,7-8,11,15H,4-6,9-10H2,1H3. The largest absolute Gasteiger partial charge is 0.318 e. The quantitative estimate of drug-likeness (QED) is 0.909. The molecular formula is C13H19BrN2O2S. The fourth-order valence-electron chi connectivity index (χ4n) is 2.51. The Hall–Kier alpha value is -0.430. The van der Waals surface area contributed by atoms with Crippen molar-refractivity contribution in [2.45, 2.75) is 30.2 Å². The van der Waals surface area contributed by atoms with Crippen LogP contribution in [0.2, 0.25) is 0 Å². The van der Waals surface area contributed by atoms with Gasteiger partial charge in [-0.1, -0.05) is 18.6 Å². The van der Waals surface area contributed by atoms with Crippen molar-refractivity contribution < 1.29 is 8.42 Å².